The van der Waals surface area contributed by atoms with Gasteiger partial charge in [-0.05, 0) is 51.0 Å². The van der Waals surface area contributed by atoms with Gasteiger partial charge in [-0.1, -0.05) is 51.8 Å². The highest BCUT2D eigenvalue weighted by Crippen LogP contribution is 2.60. The van der Waals surface area contributed by atoms with E-state index in [9.17, 15) is 13.3 Å². The van der Waals surface area contributed by atoms with Crippen molar-refractivity contribution in [3.05, 3.63) is 74.9 Å². The van der Waals surface area contributed by atoms with E-state index >= 15 is 0 Å². The number of hydrogen-bond donors (Lipinski definition) is 2. The van der Waals surface area contributed by atoms with E-state index in [0.29, 0.717) is 6.54 Å². The van der Waals surface area contributed by atoms with Gasteiger partial charge < -0.3 is 14.7 Å². The highest BCUT2D eigenvalue weighted by molar-refractivity contribution is 9.10. The van der Waals surface area contributed by atoms with Gasteiger partial charge in [0.05, 0.1) is 0 Å². The molecule has 0 heterocycles. The van der Waals surface area contributed by atoms with E-state index in [0.717, 1.165) is 34.1 Å². The van der Waals surface area contributed by atoms with Crippen LogP contribution >= 0.6 is 23.5 Å². The molecule has 152 valence electrons. The number of halogens is 3. The molecule has 0 amide bonds. The lowest BCUT2D eigenvalue weighted by Crippen LogP contribution is -2.21. The van der Waals surface area contributed by atoms with E-state index in [1.807, 2.05) is 45.9 Å². The van der Waals surface area contributed by atoms with Crippen molar-refractivity contribution in [2.24, 2.45) is 0 Å². The molecule has 0 aliphatic carbocycles. The summed E-state index contributed by atoms with van der Waals surface area (Å²) in [6.45, 7) is 8.33. The molecule has 28 heavy (non-hydrogen) atoms. The number of anilines is 1. The van der Waals surface area contributed by atoms with Crippen LogP contribution in [0, 0.1) is 13.8 Å². The largest absolute Gasteiger partial charge is 0.399 e. The molecule has 0 radical (unpaired) electrons. The molecule has 2 rings (SSSR count). The monoisotopic (exact) mass is 473 g/mol. The predicted molar refractivity (Wildman–Crippen MR) is 112 cm³/mol. The number of rotatable bonds is 6. The number of benzene rings is 2. The fraction of sp³-hybridized carbons (Fsp3) is 0.300. The maximum Gasteiger partial charge on any atom is 0.399 e. The second-order valence-corrected chi connectivity index (χ2v) is 9.21. The maximum atomic E-state index is 14.0. The Labute approximate surface area is 172 Å². The lowest BCUT2D eigenvalue weighted by Gasteiger charge is -2.28. The van der Waals surface area contributed by atoms with Crippen molar-refractivity contribution in [1.82, 2.24) is 0 Å². The lowest BCUT2D eigenvalue weighted by atomic mass is 10.1. The van der Waals surface area contributed by atoms with E-state index in [-0.39, 0.29) is 4.47 Å². The van der Waals surface area contributed by atoms with Crippen LogP contribution in [0.2, 0.25) is 0 Å². The molecule has 4 nitrogen and oxygen atoms in total. The topological polar surface area (TPSA) is 60.8 Å². The van der Waals surface area contributed by atoms with Gasteiger partial charge >= 0.3 is 13.3 Å². The van der Waals surface area contributed by atoms with Gasteiger partial charge in [0, 0.05) is 28.0 Å². The molecular weight excluding hydrogens is 451 g/mol. The smallest absolute Gasteiger partial charge is 0.341 e. The summed E-state index contributed by atoms with van der Waals surface area (Å²) in [5.41, 5.74) is -0.0361. The molecule has 0 unspecified atom stereocenters. The molecule has 0 fully saturated rings. The number of aryl methyl sites for hydroxylation is 2. The fourth-order valence-electron chi connectivity index (χ4n) is 2.90. The molecule has 2 N–H and O–H groups in total. The summed E-state index contributed by atoms with van der Waals surface area (Å²) in [7, 11) is -5.62. The van der Waals surface area contributed by atoms with Gasteiger partial charge in [-0.2, -0.15) is 8.78 Å². The van der Waals surface area contributed by atoms with Gasteiger partial charge in [-0.15, -0.1) is 0 Å². The van der Waals surface area contributed by atoms with Gasteiger partial charge in [0.15, 0.2) is 0 Å². The normalized spacial score (nSPS) is 13.0. The van der Waals surface area contributed by atoms with Crippen molar-refractivity contribution >= 4 is 29.2 Å². The van der Waals surface area contributed by atoms with E-state index in [1.54, 1.807) is 0 Å². The third kappa shape index (κ3) is 4.71. The predicted octanol–water partition coefficient (Wildman–Crippen LogP) is 6.22. The third-order valence-electron chi connectivity index (χ3n) is 4.55. The molecule has 0 aromatic heterocycles. The van der Waals surface area contributed by atoms with E-state index in [4.69, 9.17) is 9.79 Å². The summed E-state index contributed by atoms with van der Waals surface area (Å²) >= 11 is 3.04. The first-order valence-electron chi connectivity index (χ1n) is 8.58. The molecule has 0 spiro atoms. The van der Waals surface area contributed by atoms with Gasteiger partial charge in [-0.25, -0.2) is 0 Å². The fourth-order valence-corrected chi connectivity index (χ4v) is 4.24. The van der Waals surface area contributed by atoms with E-state index in [1.165, 1.54) is 12.1 Å². The van der Waals surface area contributed by atoms with Crippen molar-refractivity contribution in [3.63, 3.8) is 0 Å². The van der Waals surface area contributed by atoms with Crippen LogP contribution in [-0.4, -0.2) is 9.79 Å². The van der Waals surface area contributed by atoms with Crippen LogP contribution in [0.25, 0.3) is 0 Å². The van der Waals surface area contributed by atoms with Gasteiger partial charge in [0.25, 0.3) is 0 Å². The molecule has 2 aromatic carbocycles. The van der Waals surface area contributed by atoms with Gasteiger partial charge in [0.1, 0.15) is 0 Å². The summed E-state index contributed by atoms with van der Waals surface area (Å²) in [5, 5.41) is 0. The minimum absolute atomic E-state index is 0.0444. The molecule has 0 atom stereocenters. The Balaban J connectivity index is 2.44. The van der Waals surface area contributed by atoms with Crippen molar-refractivity contribution in [2.45, 2.75) is 39.9 Å². The Hall–Kier alpha value is -1.53. The molecule has 0 saturated carbocycles. The molecular formula is C20H23BrF2NO3P. The maximum absolute atomic E-state index is 14.0. The first-order valence-corrected chi connectivity index (χ1v) is 11.0. The Morgan fingerprint density at radius 2 is 1.86 bits per heavy atom. The average Bonchev–Trinajstić information content (AvgIpc) is 2.58. The van der Waals surface area contributed by atoms with Crippen LogP contribution in [0.5, 0.6) is 0 Å². The van der Waals surface area contributed by atoms with Crippen LogP contribution in [0.3, 0.4) is 0 Å². The Kier molecular flexibility index (Phi) is 6.87. The summed E-state index contributed by atoms with van der Waals surface area (Å²) in [6, 6.07) is 10.1. The molecule has 0 aliphatic rings. The summed E-state index contributed by atoms with van der Waals surface area (Å²) in [6.07, 6.45) is 1.96. The van der Waals surface area contributed by atoms with Gasteiger partial charge in [-0.3, -0.25) is 4.57 Å². The van der Waals surface area contributed by atoms with Crippen LogP contribution in [0.4, 0.5) is 14.5 Å². The Morgan fingerprint density at radius 3 is 2.36 bits per heavy atom. The second kappa shape index (κ2) is 8.46. The lowest BCUT2D eigenvalue weighted by molar-refractivity contribution is 0.0557. The zero-order chi connectivity index (χ0) is 21.3. The van der Waals surface area contributed by atoms with Crippen LogP contribution in [0.15, 0.2) is 52.6 Å². The van der Waals surface area contributed by atoms with Crippen molar-refractivity contribution in [3.8, 4) is 0 Å². The quantitative estimate of drug-likeness (QED) is 0.488. The standard InChI is InChI=1S/C20H23BrF2NO3P/c1-5-15(4)24(19-9-6-13(2)10-14(19)3)12-16-7-8-17(18(21)11-16)20(22,23)28(25,26)27/h5-11H,12H2,1-4H3,(H2,25,26,27)/b15-5+. The Morgan fingerprint density at radius 1 is 1.21 bits per heavy atom. The number of allylic oxidation sites excluding steroid dienone is 2. The van der Waals surface area contributed by atoms with Crippen molar-refractivity contribution in [2.75, 3.05) is 4.90 Å². The Bertz CT molecular complexity index is 956. The van der Waals surface area contributed by atoms with Crippen molar-refractivity contribution in [1.29, 1.82) is 0 Å². The molecule has 8 heteroatoms. The summed E-state index contributed by atoms with van der Waals surface area (Å²) in [5.74, 6) is 0. The molecule has 0 aliphatic heterocycles. The first-order chi connectivity index (χ1) is 12.9. The minimum atomic E-state index is -5.62. The summed E-state index contributed by atoms with van der Waals surface area (Å²) < 4.78 is 39.2. The summed E-state index contributed by atoms with van der Waals surface area (Å²) in [4.78, 5) is 20.0. The van der Waals surface area contributed by atoms with Crippen LogP contribution in [0.1, 0.15) is 36.1 Å². The zero-order valence-electron chi connectivity index (χ0n) is 16.1. The minimum Gasteiger partial charge on any atom is -0.341 e. The van der Waals surface area contributed by atoms with E-state index in [2.05, 4.69) is 26.9 Å². The van der Waals surface area contributed by atoms with Gasteiger partial charge in [0.2, 0.25) is 0 Å². The van der Waals surface area contributed by atoms with Crippen LogP contribution < -0.4 is 4.90 Å². The number of hydrogen-bond acceptors (Lipinski definition) is 2. The number of alkyl halides is 2. The van der Waals surface area contributed by atoms with Crippen molar-refractivity contribution < 1.29 is 23.1 Å². The van der Waals surface area contributed by atoms with E-state index < -0.39 is 18.8 Å². The SMILES string of the molecule is C/C=C(\C)N(Cc1ccc(C(F)(F)P(=O)(O)O)c(Br)c1)c1ccc(C)cc1C. The zero-order valence-corrected chi connectivity index (χ0v) is 18.6. The second-order valence-electron chi connectivity index (χ2n) is 6.71. The molecule has 0 bridgehead atoms. The first kappa shape index (κ1) is 22.8. The number of nitrogens with zero attached hydrogens (tertiary/aromatic N) is 1. The average molecular weight is 474 g/mol. The van der Waals surface area contributed by atoms with Crippen LogP contribution in [-0.2, 0) is 16.8 Å². The highest BCUT2D eigenvalue weighted by Gasteiger charge is 2.51. The molecule has 2 aromatic rings. The third-order valence-corrected chi connectivity index (χ3v) is 6.18. The molecule has 0 saturated heterocycles. The highest BCUT2D eigenvalue weighted by atomic mass is 79.9.